The highest BCUT2D eigenvalue weighted by Crippen LogP contribution is 2.29. The van der Waals surface area contributed by atoms with Crippen molar-refractivity contribution in [2.45, 2.75) is 52.1 Å². The number of aromatic nitrogens is 2. The maximum Gasteiger partial charge on any atom is 0.410 e. The van der Waals surface area contributed by atoms with Crippen LogP contribution in [-0.2, 0) is 9.57 Å². The third kappa shape index (κ3) is 4.46. The van der Waals surface area contributed by atoms with Gasteiger partial charge in [0.1, 0.15) is 11.4 Å². The maximum absolute atomic E-state index is 12.7. The molecule has 3 heterocycles. The standard InChI is InChI=1S/C23H26N4O6/c1-13-17(21(30)33-27-19(28)15-7-5-6-8-16(15)20(27)29)25-18(24-13)14-9-11-26(12-10-14)22(31)32-23(2,3)4/h5-8,14H,9-12H2,1-4H3,(H,24,25). The van der Waals surface area contributed by atoms with Crippen LogP contribution < -0.4 is 0 Å². The number of H-pyrrole nitrogens is 1. The normalized spacial score (nSPS) is 16.7. The maximum atomic E-state index is 12.7. The highest BCUT2D eigenvalue weighted by atomic mass is 16.7. The number of aryl methyl sites for hydroxylation is 1. The van der Waals surface area contributed by atoms with Crippen molar-refractivity contribution in [3.63, 3.8) is 0 Å². The van der Waals surface area contributed by atoms with Crippen LogP contribution in [0, 0.1) is 6.92 Å². The van der Waals surface area contributed by atoms with Crippen LogP contribution in [0.1, 0.15) is 82.3 Å². The molecule has 2 aliphatic heterocycles. The number of carbonyl (C=O) groups is 4. The second-order valence-electron chi connectivity index (χ2n) is 9.17. The number of rotatable bonds is 3. The number of likely N-dealkylation sites (tertiary alicyclic amines) is 1. The van der Waals surface area contributed by atoms with Crippen LogP contribution in [0.5, 0.6) is 0 Å². The summed E-state index contributed by atoms with van der Waals surface area (Å²) in [5.74, 6) is -1.65. The molecule has 0 atom stereocenters. The van der Waals surface area contributed by atoms with E-state index < -0.39 is 23.4 Å². The summed E-state index contributed by atoms with van der Waals surface area (Å²) in [4.78, 5) is 64.1. The minimum atomic E-state index is -0.893. The molecule has 3 amide bonds. The van der Waals surface area contributed by atoms with Crippen molar-refractivity contribution in [2.75, 3.05) is 13.1 Å². The second-order valence-corrected chi connectivity index (χ2v) is 9.17. The number of amides is 3. The van der Waals surface area contributed by atoms with Gasteiger partial charge in [-0.3, -0.25) is 9.59 Å². The molecule has 2 aliphatic rings. The molecule has 0 bridgehead atoms. The predicted molar refractivity (Wildman–Crippen MR) is 115 cm³/mol. The molecular weight excluding hydrogens is 428 g/mol. The van der Waals surface area contributed by atoms with Crippen LogP contribution >= 0.6 is 0 Å². The fourth-order valence-corrected chi connectivity index (χ4v) is 3.91. The average Bonchev–Trinajstić information content (AvgIpc) is 3.26. The van der Waals surface area contributed by atoms with Gasteiger partial charge in [0, 0.05) is 24.7 Å². The molecule has 1 aromatic carbocycles. The summed E-state index contributed by atoms with van der Waals surface area (Å²) in [6.07, 6.45) is 0.958. The largest absolute Gasteiger partial charge is 0.444 e. The summed E-state index contributed by atoms with van der Waals surface area (Å²) in [6, 6.07) is 6.27. The van der Waals surface area contributed by atoms with Gasteiger partial charge in [-0.15, -0.1) is 0 Å². The number of imide groups is 1. The van der Waals surface area contributed by atoms with E-state index in [2.05, 4.69) is 9.97 Å². The van der Waals surface area contributed by atoms with E-state index in [1.807, 2.05) is 20.8 Å². The summed E-state index contributed by atoms with van der Waals surface area (Å²) >= 11 is 0. The number of piperidine rings is 1. The number of hydroxylamine groups is 2. The Morgan fingerprint density at radius 2 is 1.64 bits per heavy atom. The van der Waals surface area contributed by atoms with Gasteiger partial charge in [0.25, 0.3) is 11.8 Å². The van der Waals surface area contributed by atoms with Crippen LogP contribution in [0.4, 0.5) is 4.79 Å². The van der Waals surface area contributed by atoms with Gasteiger partial charge in [-0.1, -0.05) is 17.2 Å². The molecule has 2 aromatic rings. The first-order valence-corrected chi connectivity index (χ1v) is 10.8. The van der Waals surface area contributed by atoms with Gasteiger partial charge >= 0.3 is 12.1 Å². The van der Waals surface area contributed by atoms with E-state index in [1.54, 1.807) is 24.0 Å². The first kappa shape index (κ1) is 22.5. The third-order valence-corrected chi connectivity index (χ3v) is 5.56. The summed E-state index contributed by atoms with van der Waals surface area (Å²) < 4.78 is 5.42. The van der Waals surface area contributed by atoms with E-state index in [-0.39, 0.29) is 28.8 Å². The van der Waals surface area contributed by atoms with Crippen LogP contribution in [0.3, 0.4) is 0 Å². The minimum absolute atomic E-state index is 0.0103. The van der Waals surface area contributed by atoms with Crippen LogP contribution in [0.2, 0.25) is 0 Å². The number of imidazole rings is 1. The van der Waals surface area contributed by atoms with E-state index in [0.717, 1.165) is 0 Å². The molecule has 0 saturated carbocycles. The van der Waals surface area contributed by atoms with E-state index in [4.69, 9.17) is 9.57 Å². The van der Waals surface area contributed by atoms with Crippen molar-refractivity contribution in [3.8, 4) is 0 Å². The van der Waals surface area contributed by atoms with Gasteiger partial charge in [-0.05, 0) is 52.7 Å². The highest BCUT2D eigenvalue weighted by Gasteiger charge is 2.39. The number of benzene rings is 1. The van der Waals surface area contributed by atoms with E-state index in [9.17, 15) is 19.2 Å². The highest BCUT2D eigenvalue weighted by molar-refractivity contribution is 6.21. The molecule has 10 nitrogen and oxygen atoms in total. The van der Waals surface area contributed by atoms with Crippen molar-refractivity contribution in [1.82, 2.24) is 19.9 Å². The van der Waals surface area contributed by atoms with Crippen molar-refractivity contribution in [3.05, 3.63) is 52.6 Å². The molecule has 33 heavy (non-hydrogen) atoms. The van der Waals surface area contributed by atoms with Gasteiger partial charge in [-0.2, -0.15) is 0 Å². The van der Waals surface area contributed by atoms with E-state index in [0.29, 0.717) is 42.5 Å². The molecular formula is C23H26N4O6. The predicted octanol–water partition coefficient (Wildman–Crippen LogP) is 3.20. The van der Waals surface area contributed by atoms with Crippen LogP contribution in [-0.4, -0.2) is 62.5 Å². The Hall–Kier alpha value is -3.69. The minimum Gasteiger partial charge on any atom is -0.444 e. The second kappa shape index (κ2) is 8.34. The molecule has 174 valence electrons. The smallest absolute Gasteiger partial charge is 0.410 e. The summed E-state index contributed by atoms with van der Waals surface area (Å²) in [7, 11) is 0. The van der Waals surface area contributed by atoms with Gasteiger partial charge in [-0.25, -0.2) is 14.6 Å². The zero-order valence-corrected chi connectivity index (χ0v) is 19.0. The molecule has 0 unspecified atom stereocenters. The Labute approximate surface area is 190 Å². The fourth-order valence-electron chi connectivity index (χ4n) is 3.91. The van der Waals surface area contributed by atoms with Crippen LogP contribution in [0.25, 0.3) is 0 Å². The average molecular weight is 454 g/mol. The lowest BCUT2D eigenvalue weighted by Gasteiger charge is -2.32. The number of hydrogen-bond acceptors (Lipinski definition) is 7. The molecule has 1 N–H and O–H groups in total. The van der Waals surface area contributed by atoms with Crippen LogP contribution in [0.15, 0.2) is 24.3 Å². The zero-order chi connectivity index (χ0) is 23.9. The van der Waals surface area contributed by atoms with Crippen molar-refractivity contribution in [1.29, 1.82) is 0 Å². The Morgan fingerprint density at radius 1 is 1.06 bits per heavy atom. The Bertz CT molecular complexity index is 1090. The Kier molecular flexibility index (Phi) is 5.69. The van der Waals surface area contributed by atoms with Crippen molar-refractivity contribution >= 4 is 23.9 Å². The quantitative estimate of drug-likeness (QED) is 0.707. The van der Waals surface area contributed by atoms with Gasteiger partial charge in [0.05, 0.1) is 11.1 Å². The third-order valence-electron chi connectivity index (χ3n) is 5.56. The number of ether oxygens (including phenoxy) is 1. The fraction of sp³-hybridized carbons (Fsp3) is 0.435. The first-order valence-electron chi connectivity index (χ1n) is 10.8. The molecule has 0 aliphatic carbocycles. The monoisotopic (exact) mass is 454 g/mol. The summed E-state index contributed by atoms with van der Waals surface area (Å²) in [5.41, 5.74) is 0.302. The lowest BCUT2D eigenvalue weighted by atomic mass is 9.96. The van der Waals surface area contributed by atoms with Gasteiger partial charge in [0.15, 0.2) is 5.69 Å². The lowest BCUT2D eigenvalue weighted by molar-refractivity contribution is -0.0588. The van der Waals surface area contributed by atoms with Crippen molar-refractivity contribution in [2.24, 2.45) is 0 Å². The number of hydrogen-bond donors (Lipinski definition) is 1. The molecule has 1 aromatic heterocycles. The van der Waals surface area contributed by atoms with Gasteiger partial charge in [0.2, 0.25) is 0 Å². The molecule has 10 heteroatoms. The first-order chi connectivity index (χ1) is 15.5. The molecule has 0 radical (unpaired) electrons. The number of nitrogens with zero attached hydrogens (tertiary/aromatic N) is 3. The van der Waals surface area contributed by atoms with E-state index in [1.165, 1.54) is 12.1 Å². The number of carbonyl (C=O) groups excluding carboxylic acids is 4. The van der Waals surface area contributed by atoms with E-state index >= 15 is 0 Å². The SMILES string of the molecule is Cc1[nH]c(C2CCN(C(=O)OC(C)(C)C)CC2)nc1C(=O)ON1C(=O)c2ccccc2C1=O. The van der Waals surface area contributed by atoms with Crippen molar-refractivity contribution < 1.29 is 28.8 Å². The van der Waals surface area contributed by atoms with Gasteiger partial charge < -0.3 is 19.5 Å². The molecule has 1 saturated heterocycles. The lowest BCUT2D eigenvalue weighted by Crippen LogP contribution is -2.41. The summed E-state index contributed by atoms with van der Waals surface area (Å²) in [5, 5.41) is 0.472. The molecule has 0 spiro atoms. The number of nitrogens with one attached hydrogen (secondary N) is 1. The summed E-state index contributed by atoms with van der Waals surface area (Å²) in [6.45, 7) is 8.16. The Balaban J connectivity index is 1.40. The topological polar surface area (TPSA) is 122 Å². The molecule has 1 fully saturated rings. The molecule has 4 rings (SSSR count). The number of fused-ring (bicyclic) bond motifs is 1. The number of aromatic amines is 1. The Morgan fingerprint density at radius 3 is 2.18 bits per heavy atom. The zero-order valence-electron chi connectivity index (χ0n) is 19.0.